The first kappa shape index (κ1) is 23.6. The van der Waals surface area contributed by atoms with Gasteiger partial charge in [0.25, 0.3) is 0 Å². The molecule has 1 atom stereocenters. The van der Waals surface area contributed by atoms with Crippen molar-refractivity contribution in [2.24, 2.45) is 0 Å². The van der Waals surface area contributed by atoms with E-state index in [1.807, 2.05) is 61.5 Å². The number of hydrogen-bond donors (Lipinski definition) is 2. The van der Waals surface area contributed by atoms with Gasteiger partial charge in [0.2, 0.25) is 5.91 Å². The molecule has 0 saturated heterocycles. The second-order valence-electron chi connectivity index (χ2n) is 7.55. The van der Waals surface area contributed by atoms with Gasteiger partial charge in [-0.3, -0.25) is 4.79 Å². The topological polar surface area (TPSA) is 84.9 Å². The number of aryl methyl sites for hydroxylation is 1. The van der Waals surface area contributed by atoms with Gasteiger partial charge in [-0.25, -0.2) is 4.79 Å². The Bertz CT molecular complexity index is 1120. The summed E-state index contributed by atoms with van der Waals surface area (Å²) >= 11 is 0. The van der Waals surface area contributed by atoms with E-state index in [9.17, 15) is 14.7 Å². The third-order valence-corrected chi connectivity index (χ3v) is 5.16. The maximum Gasteiger partial charge on any atom is 0.326 e. The van der Waals surface area contributed by atoms with Gasteiger partial charge in [0.1, 0.15) is 12.6 Å². The fourth-order valence-electron chi connectivity index (χ4n) is 3.28. The highest BCUT2D eigenvalue weighted by Crippen LogP contribution is 2.29. The van der Waals surface area contributed by atoms with Crippen molar-refractivity contribution in [2.45, 2.75) is 26.0 Å². The minimum absolute atomic E-state index is 0.205. The largest absolute Gasteiger partial charge is 0.493 e. The second-order valence-corrected chi connectivity index (χ2v) is 7.55. The lowest BCUT2D eigenvalue weighted by molar-refractivity contribution is -0.141. The summed E-state index contributed by atoms with van der Waals surface area (Å²) in [7, 11) is 1.55. The predicted octanol–water partition coefficient (Wildman–Crippen LogP) is 4.41. The number of aliphatic carboxylic acids is 1. The number of carbonyl (C=O) groups excluding carboxylic acids is 1. The molecule has 0 radical (unpaired) electrons. The molecule has 0 heterocycles. The molecule has 0 bridgehead atoms. The van der Waals surface area contributed by atoms with Crippen LogP contribution in [0.4, 0.5) is 0 Å². The summed E-state index contributed by atoms with van der Waals surface area (Å²) in [6.45, 7) is 2.45. The van der Waals surface area contributed by atoms with Crippen molar-refractivity contribution < 1.29 is 24.2 Å². The summed E-state index contributed by atoms with van der Waals surface area (Å²) in [6, 6.07) is 21.5. The fourth-order valence-corrected chi connectivity index (χ4v) is 3.28. The zero-order chi connectivity index (χ0) is 23.6. The highest BCUT2D eigenvalue weighted by atomic mass is 16.5. The monoisotopic (exact) mass is 445 g/mol. The Morgan fingerprint density at radius 2 is 1.73 bits per heavy atom. The summed E-state index contributed by atoms with van der Waals surface area (Å²) in [6.07, 6.45) is 3.12. The molecule has 3 aromatic rings. The van der Waals surface area contributed by atoms with Crippen LogP contribution in [-0.2, 0) is 22.6 Å². The number of carbonyl (C=O) groups is 2. The van der Waals surface area contributed by atoms with E-state index in [0.29, 0.717) is 18.1 Å². The SMILES string of the molecule is COc1cc(/C=C/C(=O)N[C@@H](Cc2ccccc2)C(=O)O)ccc1OCc1ccccc1C. The van der Waals surface area contributed by atoms with Gasteiger partial charge < -0.3 is 19.9 Å². The van der Waals surface area contributed by atoms with E-state index >= 15 is 0 Å². The highest BCUT2D eigenvalue weighted by molar-refractivity contribution is 5.94. The van der Waals surface area contributed by atoms with Crippen molar-refractivity contribution in [1.82, 2.24) is 5.32 Å². The number of ether oxygens (including phenoxy) is 2. The molecular formula is C27H27NO5. The van der Waals surface area contributed by atoms with Gasteiger partial charge in [-0.2, -0.15) is 0 Å². The van der Waals surface area contributed by atoms with E-state index in [-0.39, 0.29) is 6.42 Å². The molecule has 0 aromatic heterocycles. The minimum atomic E-state index is -1.09. The zero-order valence-corrected chi connectivity index (χ0v) is 18.7. The van der Waals surface area contributed by atoms with Crippen molar-refractivity contribution in [1.29, 1.82) is 0 Å². The Morgan fingerprint density at radius 3 is 2.42 bits per heavy atom. The molecule has 33 heavy (non-hydrogen) atoms. The van der Waals surface area contributed by atoms with Crippen LogP contribution in [-0.4, -0.2) is 30.1 Å². The molecule has 3 rings (SSSR count). The number of amides is 1. The number of methoxy groups -OCH3 is 1. The molecule has 1 amide bonds. The first-order valence-electron chi connectivity index (χ1n) is 10.6. The summed E-state index contributed by atoms with van der Waals surface area (Å²) < 4.78 is 11.4. The maximum atomic E-state index is 12.3. The maximum absolute atomic E-state index is 12.3. The van der Waals surface area contributed by atoms with Crippen molar-refractivity contribution in [2.75, 3.05) is 7.11 Å². The Labute approximate surface area is 193 Å². The van der Waals surface area contributed by atoms with E-state index in [4.69, 9.17) is 9.47 Å². The summed E-state index contributed by atoms with van der Waals surface area (Å²) in [5.41, 5.74) is 3.79. The first-order valence-corrected chi connectivity index (χ1v) is 10.6. The minimum Gasteiger partial charge on any atom is -0.493 e. The van der Waals surface area contributed by atoms with Crippen molar-refractivity contribution in [3.05, 3.63) is 101 Å². The number of carboxylic acids is 1. The van der Waals surface area contributed by atoms with Crippen LogP contribution in [0.1, 0.15) is 22.3 Å². The Hall–Kier alpha value is -4.06. The molecular weight excluding hydrogens is 418 g/mol. The average Bonchev–Trinajstić information content (AvgIpc) is 2.82. The van der Waals surface area contributed by atoms with E-state index in [1.54, 1.807) is 31.4 Å². The number of nitrogens with one attached hydrogen (secondary N) is 1. The molecule has 6 heteroatoms. The van der Waals surface area contributed by atoms with Gasteiger partial charge in [0.15, 0.2) is 11.5 Å². The summed E-state index contributed by atoms with van der Waals surface area (Å²) in [4.78, 5) is 23.9. The number of hydrogen-bond acceptors (Lipinski definition) is 4. The van der Waals surface area contributed by atoms with Gasteiger partial charge in [-0.15, -0.1) is 0 Å². The van der Waals surface area contributed by atoms with Crippen LogP contribution < -0.4 is 14.8 Å². The van der Waals surface area contributed by atoms with Gasteiger partial charge in [0.05, 0.1) is 7.11 Å². The van der Waals surface area contributed by atoms with Crippen molar-refractivity contribution in [3.63, 3.8) is 0 Å². The predicted molar refractivity (Wildman–Crippen MR) is 127 cm³/mol. The standard InChI is InChI=1S/C27H27NO5/c1-19-8-6-7-11-22(19)18-33-24-14-12-21(17-25(24)32-2)13-15-26(29)28-23(27(30)31)16-20-9-4-3-5-10-20/h3-15,17,23H,16,18H2,1-2H3,(H,28,29)(H,30,31)/b15-13+/t23-/m0/s1. The van der Waals surface area contributed by atoms with E-state index in [1.165, 1.54) is 6.08 Å². The molecule has 0 aliphatic rings. The molecule has 170 valence electrons. The highest BCUT2D eigenvalue weighted by Gasteiger charge is 2.19. The van der Waals surface area contributed by atoms with Gasteiger partial charge >= 0.3 is 5.97 Å². The number of carboxylic acid groups (broad SMARTS) is 1. The third-order valence-electron chi connectivity index (χ3n) is 5.16. The van der Waals surface area contributed by atoms with E-state index in [2.05, 4.69) is 5.32 Å². The molecule has 0 aliphatic carbocycles. The second kappa shape index (κ2) is 11.5. The lowest BCUT2D eigenvalue weighted by Gasteiger charge is -2.13. The Kier molecular flexibility index (Phi) is 8.24. The van der Waals surface area contributed by atoms with Crippen LogP contribution in [0.25, 0.3) is 6.08 Å². The van der Waals surface area contributed by atoms with Crippen LogP contribution in [0, 0.1) is 6.92 Å². The number of rotatable bonds is 10. The van der Waals surface area contributed by atoms with Gasteiger partial charge in [-0.05, 0) is 47.4 Å². The fraction of sp³-hybridized carbons (Fsp3) is 0.185. The molecule has 3 aromatic carbocycles. The molecule has 0 unspecified atom stereocenters. The quantitative estimate of drug-likeness (QED) is 0.452. The molecule has 0 saturated carbocycles. The molecule has 0 fully saturated rings. The van der Waals surface area contributed by atoms with Crippen molar-refractivity contribution in [3.8, 4) is 11.5 Å². The van der Waals surface area contributed by atoms with Crippen molar-refractivity contribution >= 4 is 18.0 Å². The Balaban J connectivity index is 1.63. The molecule has 0 aliphatic heterocycles. The zero-order valence-electron chi connectivity index (χ0n) is 18.7. The third kappa shape index (κ3) is 6.97. The average molecular weight is 446 g/mol. The summed E-state index contributed by atoms with van der Waals surface area (Å²) in [5, 5.41) is 12.0. The van der Waals surface area contributed by atoms with Crippen LogP contribution >= 0.6 is 0 Å². The Morgan fingerprint density at radius 1 is 1.00 bits per heavy atom. The number of benzene rings is 3. The summed E-state index contributed by atoms with van der Waals surface area (Å²) in [5.74, 6) is -0.440. The lowest BCUT2D eigenvalue weighted by Crippen LogP contribution is -2.41. The first-order chi connectivity index (χ1) is 16.0. The van der Waals surface area contributed by atoms with E-state index < -0.39 is 17.9 Å². The van der Waals surface area contributed by atoms with Gasteiger partial charge in [-0.1, -0.05) is 60.7 Å². The molecule has 6 nitrogen and oxygen atoms in total. The molecule has 2 N–H and O–H groups in total. The van der Waals surface area contributed by atoms with Crippen LogP contribution in [0.3, 0.4) is 0 Å². The van der Waals surface area contributed by atoms with Crippen LogP contribution in [0.2, 0.25) is 0 Å². The van der Waals surface area contributed by atoms with Gasteiger partial charge in [0, 0.05) is 12.5 Å². The molecule has 0 spiro atoms. The smallest absolute Gasteiger partial charge is 0.326 e. The lowest BCUT2D eigenvalue weighted by atomic mass is 10.1. The van der Waals surface area contributed by atoms with Crippen LogP contribution in [0.15, 0.2) is 78.9 Å². The van der Waals surface area contributed by atoms with E-state index in [0.717, 1.165) is 22.3 Å². The van der Waals surface area contributed by atoms with Crippen LogP contribution in [0.5, 0.6) is 11.5 Å². The normalized spacial score (nSPS) is 11.7.